The van der Waals surface area contributed by atoms with Gasteiger partial charge in [-0.2, -0.15) is 0 Å². The molecule has 1 amide bonds. The van der Waals surface area contributed by atoms with E-state index >= 15 is 0 Å². The molecule has 0 spiro atoms. The van der Waals surface area contributed by atoms with E-state index in [1.54, 1.807) is 30.6 Å². The van der Waals surface area contributed by atoms with Crippen molar-refractivity contribution in [2.45, 2.75) is 38.5 Å². The Labute approximate surface area is 209 Å². The number of rotatable bonds is 9. The Morgan fingerprint density at radius 2 is 2.21 bits per heavy atom. The van der Waals surface area contributed by atoms with Crippen molar-refractivity contribution in [1.29, 1.82) is 0 Å². The Morgan fingerprint density at radius 1 is 1.38 bits per heavy atom. The van der Waals surface area contributed by atoms with Gasteiger partial charge < -0.3 is 30.2 Å². The molecular formula is C24H27ClN4O4S. The maximum absolute atomic E-state index is 12.9. The van der Waals surface area contributed by atoms with Crippen LogP contribution in [0, 0.1) is 0 Å². The van der Waals surface area contributed by atoms with Gasteiger partial charge in [0.05, 0.1) is 35.7 Å². The van der Waals surface area contributed by atoms with Crippen molar-refractivity contribution in [1.82, 2.24) is 15.6 Å². The molecule has 1 aromatic heterocycles. The van der Waals surface area contributed by atoms with Gasteiger partial charge in [0.15, 0.2) is 5.75 Å². The Hall–Kier alpha value is -2.88. The van der Waals surface area contributed by atoms with E-state index in [1.165, 1.54) is 7.11 Å². The van der Waals surface area contributed by atoms with Gasteiger partial charge in [0.1, 0.15) is 17.3 Å². The monoisotopic (exact) mass is 502 g/mol. The fraction of sp³-hybridized carbons (Fsp3) is 0.375. The van der Waals surface area contributed by atoms with Crippen LogP contribution < -0.4 is 25.4 Å². The normalized spacial score (nSPS) is 19.7. The number of hydrogen-bond acceptors (Lipinski definition) is 7. The van der Waals surface area contributed by atoms with Crippen LogP contribution in [0.2, 0.25) is 5.02 Å². The van der Waals surface area contributed by atoms with Crippen molar-refractivity contribution in [3.8, 4) is 11.5 Å². The van der Waals surface area contributed by atoms with Crippen molar-refractivity contribution >= 4 is 40.4 Å². The quantitative estimate of drug-likeness (QED) is 0.448. The molecule has 0 aliphatic carbocycles. The first-order valence-corrected chi connectivity index (χ1v) is 11.8. The van der Waals surface area contributed by atoms with Gasteiger partial charge in [0, 0.05) is 49.5 Å². The lowest BCUT2D eigenvalue weighted by molar-refractivity contribution is -0.118. The van der Waals surface area contributed by atoms with Crippen LogP contribution in [0.25, 0.3) is 0 Å². The third-order valence-corrected chi connectivity index (χ3v) is 6.25. The standard InChI is InChI=1S/C24H27ClN4O4S/c1-14-10-19(27-11-15-6-8-26-12-20(15)33-13-16-7-9-32-16)21(23(30)28-14)24(34)29-18-5-3-4-17(25)22(18)31-2/h3-6,8,12,14,16,27H,7,9-11,13H2,1-2H3,(H,28,30)(H,29,34). The Bertz CT molecular complexity index is 1110. The van der Waals surface area contributed by atoms with Gasteiger partial charge >= 0.3 is 0 Å². The van der Waals surface area contributed by atoms with Crippen LogP contribution in [0.3, 0.4) is 0 Å². The molecule has 34 heavy (non-hydrogen) atoms. The van der Waals surface area contributed by atoms with E-state index in [2.05, 4.69) is 20.9 Å². The summed E-state index contributed by atoms with van der Waals surface area (Å²) in [5.74, 6) is 0.902. The maximum Gasteiger partial charge on any atom is 0.256 e. The molecule has 3 heterocycles. The number of amides is 1. The van der Waals surface area contributed by atoms with E-state index in [0.29, 0.717) is 47.4 Å². The summed E-state index contributed by atoms with van der Waals surface area (Å²) < 4.78 is 16.7. The van der Waals surface area contributed by atoms with E-state index in [1.807, 2.05) is 13.0 Å². The van der Waals surface area contributed by atoms with Crippen LogP contribution in [-0.2, 0) is 16.1 Å². The average Bonchev–Trinajstić information content (AvgIpc) is 2.77. The summed E-state index contributed by atoms with van der Waals surface area (Å²) in [6, 6.07) is 7.16. The van der Waals surface area contributed by atoms with Crippen LogP contribution in [0.15, 0.2) is 47.9 Å². The molecule has 4 rings (SSSR count). The minimum absolute atomic E-state index is 0.0359. The highest BCUT2D eigenvalue weighted by Crippen LogP contribution is 2.33. The number of methoxy groups -OCH3 is 1. The minimum atomic E-state index is -0.243. The van der Waals surface area contributed by atoms with Crippen molar-refractivity contribution in [3.63, 3.8) is 0 Å². The molecule has 2 aromatic rings. The molecule has 10 heteroatoms. The number of para-hydroxylation sites is 1. The summed E-state index contributed by atoms with van der Waals surface area (Å²) in [6.45, 7) is 3.67. The van der Waals surface area contributed by atoms with Crippen LogP contribution in [0.4, 0.5) is 5.69 Å². The smallest absolute Gasteiger partial charge is 0.256 e. The highest BCUT2D eigenvalue weighted by Gasteiger charge is 2.28. The van der Waals surface area contributed by atoms with Gasteiger partial charge in [0.2, 0.25) is 0 Å². The van der Waals surface area contributed by atoms with Gasteiger partial charge in [-0.15, -0.1) is 0 Å². The van der Waals surface area contributed by atoms with E-state index in [4.69, 9.17) is 38.0 Å². The Balaban J connectivity index is 1.53. The number of anilines is 1. The zero-order chi connectivity index (χ0) is 24.1. The number of benzene rings is 1. The molecule has 1 fully saturated rings. The number of ether oxygens (including phenoxy) is 3. The third-order valence-electron chi connectivity index (χ3n) is 5.64. The van der Waals surface area contributed by atoms with E-state index in [9.17, 15) is 4.79 Å². The van der Waals surface area contributed by atoms with Crippen LogP contribution in [0.5, 0.6) is 11.5 Å². The second-order valence-electron chi connectivity index (χ2n) is 8.14. The van der Waals surface area contributed by atoms with E-state index < -0.39 is 0 Å². The first-order valence-electron chi connectivity index (χ1n) is 11.0. The highest BCUT2D eigenvalue weighted by molar-refractivity contribution is 7.81. The predicted octanol–water partition coefficient (Wildman–Crippen LogP) is 3.60. The summed E-state index contributed by atoms with van der Waals surface area (Å²) in [6.07, 6.45) is 5.14. The summed E-state index contributed by atoms with van der Waals surface area (Å²) in [5, 5.41) is 9.92. The molecule has 2 atom stereocenters. The SMILES string of the molecule is COc1c(Cl)cccc1NC(=S)C1=C(NCc2ccncc2OCC2CCO2)CC(C)NC1=O. The number of carbonyl (C=O) groups is 1. The molecule has 2 unspecified atom stereocenters. The summed E-state index contributed by atoms with van der Waals surface area (Å²) in [5.41, 5.74) is 2.64. The lowest BCUT2D eigenvalue weighted by Gasteiger charge is -2.28. The van der Waals surface area contributed by atoms with Crippen LogP contribution in [0.1, 0.15) is 25.3 Å². The largest absolute Gasteiger partial charge is 0.493 e. The van der Waals surface area contributed by atoms with Gasteiger partial charge in [0.25, 0.3) is 5.91 Å². The minimum Gasteiger partial charge on any atom is -0.493 e. The molecule has 8 nitrogen and oxygen atoms in total. The molecule has 1 aromatic carbocycles. The molecule has 0 bridgehead atoms. The van der Waals surface area contributed by atoms with E-state index in [0.717, 1.165) is 24.3 Å². The number of pyridine rings is 1. The van der Waals surface area contributed by atoms with Gasteiger partial charge in [-0.05, 0) is 25.1 Å². The number of nitrogens with zero attached hydrogens (tertiary/aromatic N) is 1. The van der Waals surface area contributed by atoms with Gasteiger partial charge in [-0.1, -0.05) is 29.9 Å². The summed E-state index contributed by atoms with van der Waals surface area (Å²) >= 11 is 11.9. The molecule has 3 N–H and O–H groups in total. The molecule has 2 aliphatic rings. The summed E-state index contributed by atoms with van der Waals surface area (Å²) in [4.78, 5) is 17.4. The average molecular weight is 503 g/mol. The van der Waals surface area contributed by atoms with Gasteiger partial charge in [-0.3, -0.25) is 9.78 Å². The maximum atomic E-state index is 12.9. The zero-order valence-electron chi connectivity index (χ0n) is 19.0. The van der Waals surface area contributed by atoms with Crippen molar-refractivity contribution in [2.75, 3.05) is 25.6 Å². The zero-order valence-corrected chi connectivity index (χ0v) is 20.6. The highest BCUT2D eigenvalue weighted by atomic mass is 35.5. The first kappa shape index (κ1) is 24.3. The number of aromatic nitrogens is 1. The molecule has 2 aliphatic heterocycles. The summed E-state index contributed by atoms with van der Waals surface area (Å²) in [7, 11) is 1.53. The number of carbonyl (C=O) groups excluding carboxylic acids is 1. The molecular weight excluding hydrogens is 476 g/mol. The number of halogens is 1. The van der Waals surface area contributed by atoms with Crippen molar-refractivity contribution in [2.24, 2.45) is 0 Å². The number of hydrogen-bond donors (Lipinski definition) is 3. The van der Waals surface area contributed by atoms with Crippen LogP contribution in [-0.4, -0.2) is 48.3 Å². The van der Waals surface area contributed by atoms with Crippen LogP contribution >= 0.6 is 23.8 Å². The molecule has 1 saturated heterocycles. The first-order chi connectivity index (χ1) is 16.5. The molecule has 180 valence electrons. The lowest BCUT2D eigenvalue weighted by Crippen LogP contribution is -2.44. The third kappa shape index (κ3) is 5.60. The lowest BCUT2D eigenvalue weighted by atomic mass is 10.0. The van der Waals surface area contributed by atoms with Crippen molar-refractivity contribution in [3.05, 3.63) is 58.5 Å². The second kappa shape index (κ2) is 11.0. The second-order valence-corrected chi connectivity index (χ2v) is 8.95. The Morgan fingerprint density at radius 3 is 2.94 bits per heavy atom. The van der Waals surface area contributed by atoms with Gasteiger partial charge in [-0.25, -0.2) is 0 Å². The topological polar surface area (TPSA) is 93.7 Å². The van der Waals surface area contributed by atoms with E-state index in [-0.39, 0.29) is 23.0 Å². The van der Waals surface area contributed by atoms with Crippen molar-refractivity contribution < 1.29 is 19.0 Å². The Kier molecular flexibility index (Phi) is 7.87. The number of nitrogens with one attached hydrogen (secondary N) is 3. The number of thiocarbonyl (C=S) groups is 1. The molecule has 0 saturated carbocycles. The molecule has 0 radical (unpaired) electrons. The fourth-order valence-corrected chi connectivity index (χ4v) is 4.36. The fourth-order valence-electron chi connectivity index (χ4n) is 3.78. The predicted molar refractivity (Wildman–Crippen MR) is 134 cm³/mol.